The van der Waals surface area contributed by atoms with Gasteiger partial charge in [-0.15, -0.1) is 24.0 Å². The summed E-state index contributed by atoms with van der Waals surface area (Å²) in [5, 5.41) is 3.37. The Morgan fingerprint density at radius 2 is 2.09 bits per heavy atom. The highest BCUT2D eigenvalue weighted by Crippen LogP contribution is 2.25. The normalized spacial score (nSPS) is 16.0. The molecule has 9 heteroatoms. The predicted molar refractivity (Wildman–Crippen MR) is 143 cm³/mol. The molecule has 0 aliphatic carbocycles. The van der Waals surface area contributed by atoms with Gasteiger partial charge in [0.25, 0.3) is 0 Å². The molecule has 33 heavy (non-hydrogen) atoms. The van der Waals surface area contributed by atoms with Gasteiger partial charge in [0.1, 0.15) is 11.6 Å². The molecule has 0 spiro atoms. The number of anilines is 1. The molecule has 1 aromatic carbocycles. The van der Waals surface area contributed by atoms with Crippen LogP contribution in [0.25, 0.3) is 0 Å². The van der Waals surface area contributed by atoms with Crippen LogP contribution in [0.15, 0.2) is 47.6 Å². The number of pyridine rings is 1. The zero-order chi connectivity index (χ0) is 22.9. The molecule has 1 amide bonds. The number of amides is 1. The second-order valence-electron chi connectivity index (χ2n) is 8.05. The van der Waals surface area contributed by atoms with Crippen molar-refractivity contribution in [2.75, 3.05) is 38.7 Å². The van der Waals surface area contributed by atoms with E-state index in [1.54, 1.807) is 13.3 Å². The molecule has 2 aromatic rings. The average molecular weight is 566 g/mol. The van der Waals surface area contributed by atoms with Gasteiger partial charge in [0.05, 0.1) is 19.6 Å². The molecule has 1 atom stereocenters. The van der Waals surface area contributed by atoms with E-state index in [0.29, 0.717) is 13.1 Å². The van der Waals surface area contributed by atoms with Gasteiger partial charge in [-0.25, -0.2) is 9.98 Å². The lowest BCUT2D eigenvalue weighted by molar-refractivity contribution is -0.122. The second kappa shape index (κ2) is 13.2. The highest BCUT2D eigenvalue weighted by atomic mass is 127. The first-order valence-corrected chi connectivity index (χ1v) is 11.1. The van der Waals surface area contributed by atoms with Crippen molar-refractivity contribution in [2.24, 2.45) is 16.6 Å². The van der Waals surface area contributed by atoms with Gasteiger partial charge in [-0.2, -0.15) is 0 Å². The summed E-state index contributed by atoms with van der Waals surface area (Å²) >= 11 is 0. The summed E-state index contributed by atoms with van der Waals surface area (Å²) in [6, 6.07) is 12.0. The third-order valence-electron chi connectivity index (χ3n) is 5.67. The van der Waals surface area contributed by atoms with Gasteiger partial charge in [0, 0.05) is 45.0 Å². The van der Waals surface area contributed by atoms with Crippen LogP contribution in [0.5, 0.6) is 5.75 Å². The molecule has 1 aliphatic rings. The largest absolute Gasteiger partial charge is 0.497 e. The summed E-state index contributed by atoms with van der Waals surface area (Å²) in [4.78, 5) is 25.4. The number of piperidine rings is 1. The van der Waals surface area contributed by atoms with Gasteiger partial charge in [-0.1, -0.05) is 18.2 Å². The first kappa shape index (κ1) is 26.7. The SMILES string of the molecule is CCNC(=NCc1cccnc1N1CCCC(C(N)=O)C1)N(C)Cc1ccc(OC)cc1.I. The maximum absolute atomic E-state index is 11.7. The van der Waals surface area contributed by atoms with Crippen molar-refractivity contribution in [1.29, 1.82) is 0 Å². The molecule has 0 radical (unpaired) electrons. The van der Waals surface area contributed by atoms with E-state index in [0.717, 1.165) is 55.6 Å². The lowest BCUT2D eigenvalue weighted by atomic mass is 9.97. The van der Waals surface area contributed by atoms with Crippen molar-refractivity contribution >= 4 is 41.7 Å². The third kappa shape index (κ3) is 7.48. The van der Waals surface area contributed by atoms with Crippen LogP contribution in [0, 0.1) is 5.92 Å². The molecule has 1 aromatic heterocycles. The van der Waals surface area contributed by atoms with Crippen LogP contribution in [-0.4, -0.2) is 55.5 Å². The van der Waals surface area contributed by atoms with E-state index in [2.05, 4.69) is 39.2 Å². The summed E-state index contributed by atoms with van der Waals surface area (Å²) < 4.78 is 5.24. The zero-order valence-electron chi connectivity index (χ0n) is 19.7. The van der Waals surface area contributed by atoms with E-state index in [9.17, 15) is 4.79 Å². The number of nitrogens with one attached hydrogen (secondary N) is 1. The Morgan fingerprint density at radius 1 is 1.33 bits per heavy atom. The highest BCUT2D eigenvalue weighted by molar-refractivity contribution is 14.0. The fraction of sp³-hybridized carbons (Fsp3) is 0.458. The molecule has 3 N–H and O–H groups in total. The number of carbonyl (C=O) groups is 1. The van der Waals surface area contributed by atoms with Crippen molar-refractivity contribution in [3.8, 4) is 5.75 Å². The average Bonchev–Trinajstić information content (AvgIpc) is 2.82. The summed E-state index contributed by atoms with van der Waals surface area (Å²) in [6.45, 7) is 5.54. The number of nitrogens with two attached hydrogens (primary N) is 1. The Balaban J connectivity index is 0.00000385. The van der Waals surface area contributed by atoms with E-state index < -0.39 is 0 Å². The minimum Gasteiger partial charge on any atom is -0.497 e. The zero-order valence-corrected chi connectivity index (χ0v) is 22.0. The molecular weight excluding hydrogens is 531 g/mol. The smallest absolute Gasteiger partial charge is 0.222 e. The number of hydrogen-bond donors (Lipinski definition) is 2. The van der Waals surface area contributed by atoms with Gasteiger partial charge in [-0.05, 0) is 43.5 Å². The first-order valence-electron chi connectivity index (χ1n) is 11.1. The highest BCUT2D eigenvalue weighted by Gasteiger charge is 2.26. The number of methoxy groups -OCH3 is 1. The molecule has 1 fully saturated rings. The van der Waals surface area contributed by atoms with Crippen LogP contribution >= 0.6 is 24.0 Å². The van der Waals surface area contributed by atoms with Crippen molar-refractivity contribution in [1.82, 2.24) is 15.2 Å². The van der Waals surface area contributed by atoms with Gasteiger partial charge >= 0.3 is 0 Å². The number of ether oxygens (including phenoxy) is 1. The quantitative estimate of drug-likeness (QED) is 0.290. The third-order valence-corrected chi connectivity index (χ3v) is 5.67. The van der Waals surface area contributed by atoms with Crippen LogP contribution in [0.3, 0.4) is 0 Å². The summed E-state index contributed by atoms with van der Waals surface area (Å²) in [5.74, 6) is 2.19. The maximum Gasteiger partial charge on any atom is 0.222 e. The van der Waals surface area contributed by atoms with E-state index >= 15 is 0 Å². The monoisotopic (exact) mass is 566 g/mol. The minimum absolute atomic E-state index is 0. The predicted octanol–water partition coefficient (Wildman–Crippen LogP) is 3.01. The Bertz CT molecular complexity index is 921. The number of guanidine groups is 1. The summed E-state index contributed by atoms with van der Waals surface area (Å²) in [6.07, 6.45) is 3.56. The molecule has 3 rings (SSSR count). The summed E-state index contributed by atoms with van der Waals surface area (Å²) in [5.41, 5.74) is 7.77. The van der Waals surface area contributed by atoms with Gasteiger partial charge in [0.2, 0.25) is 5.91 Å². The Morgan fingerprint density at radius 3 is 2.76 bits per heavy atom. The van der Waals surface area contributed by atoms with Crippen LogP contribution in [0.2, 0.25) is 0 Å². The molecule has 1 saturated heterocycles. The van der Waals surface area contributed by atoms with E-state index in [1.807, 2.05) is 31.3 Å². The van der Waals surface area contributed by atoms with Gasteiger partial charge in [0.15, 0.2) is 5.96 Å². The number of benzene rings is 1. The molecule has 8 nitrogen and oxygen atoms in total. The Labute approximate surface area is 213 Å². The van der Waals surface area contributed by atoms with Crippen molar-refractivity contribution < 1.29 is 9.53 Å². The van der Waals surface area contributed by atoms with Crippen LogP contribution in [0.4, 0.5) is 5.82 Å². The fourth-order valence-electron chi connectivity index (χ4n) is 3.95. The van der Waals surface area contributed by atoms with Gasteiger partial charge in [-0.3, -0.25) is 4.79 Å². The number of nitrogens with zero attached hydrogens (tertiary/aromatic N) is 4. The van der Waals surface area contributed by atoms with E-state index in [1.165, 1.54) is 5.56 Å². The summed E-state index contributed by atoms with van der Waals surface area (Å²) in [7, 11) is 3.69. The number of rotatable bonds is 8. The van der Waals surface area contributed by atoms with Crippen molar-refractivity contribution in [3.05, 3.63) is 53.7 Å². The fourth-order valence-corrected chi connectivity index (χ4v) is 3.95. The molecule has 0 saturated carbocycles. The molecule has 0 bridgehead atoms. The number of halogens is 1. The van der Waals surface area contributed by atoms with E-state index in [4.69, 9.17) is 15.5 Å². The maximum atomic E-state index is 11.7. The lowest BCUT2D eigenvalue weighted by Gasteiger charge is -2.33. The number of hydrogen-bond acceptors (Lipinski definition) is 5. The Kier molecular flexibility index (Phi) is 10.7. The van der Waals surface area contributed by atoms with Crippen LogP contribution < -0.4 is 20.7 Å². The molecule has 2 heterocycles. The van der Waals surface area contributed by atoms with Gasteiger partial charge < -0.3 is 25.6 Å². The first-order chi connectivity index (χ1) is 15.5. The molecule has 180 valence electrons. The number of primary amides is 1. The lowest BCUT2D eigenvalue weighted by Crippen LogP contribution is -2.42. The van der Waals surface area contributed by atoms with Crippen LogP contribution in [-0.2, 0) is 17.9 Å². The van der Waals surface area contributed by atoms with Crippen molar-refractivity contribution in [3.63, 3.8) is 0 Å². The standard InChI is InChI=1S/C24H34N6O2.HI/c1-4-26-24(29(2)16-18-9-11-21(32-3)12-10-18)28-15-19-7-5-13-27-23(19)30-14-6-8-20(17-30)22(25)31;/h5,7,9-13,20H,4,6,8,14-17H2,1-3H3,(H2,25,31)(H,26,28);1H. The minimum atomic E-state index is -0.236. The Hall–Kier alpha value is -2.56. The topological polar surface area (TPSA) is 96.1 Å². The number of aliphatic imine (C=N–C) groups is 1. The van der Waals surface area contributed by atoms with Crippen LogP contribution in [0.1, 0.15) is 30.9 Å². The second-order valence-corrected chi connectivity index (χ2v) is 8.05. The van der Waals surface area contributed by atoms with E-state index in [-0.39, 0.29) is 35.8 Å². The molecule has 1 unspecified atom stereocenters. The number of aromatic nitrogens is 1. The molecule has 1 aliphatic heterocycles. The number of carbonyl (C=O) groups excluding carboxylic acids is 1. The van der Waals surface area contributed by atoms with Crippen molar-refractivity contribution in [2.45, 2.75) is 32.9 Å². The molecular formula is C24H35IN6O2.